The van der Waals surface area contributed by atoms with E-state index in [0.29, 0.717) is 13.0 Å². The zero-order chi connectivity index (χ0) is 13.8. The number of rotatable bonds is 6. The van der Waals surface area contributed by atoms with Crippen molar-refractivity contribution in [1.29, 1.82) is 0 Å². The molecule has 1 rings (SSSR count). The molecule has 1 aliphatic rings. The average Bonchev–Trinajstić information content (AvgIpc) is 2.30. The fourth-order valence-corrected chi connectivity index (χ4v) is 1.98. The molecule has 1 amide bonds. The lowest BCUT2D eigenvalue weighted by atomic mass is 10.1. The zero-order valence-corrected chi connectivity index (χ0v) is 10.3. The SMILES string of the molecule is CN(C=O)[C@@H](CCN1CCC(F)(F)CC1)C(=O)O. The van der Waals surface area contributed by atoms with Crippen LogP contribution in [0.25, 0.3) is 0 Å². The minimum absolute atomic E-state index is 0.186. The van der Waals surface area contributed by atoms with Gasteiger partial charge in [-0.25, -0.2) is 13.6 Å². The lowest BCUT2D eigenvalue weighted by Crippen LogP contribution is -2.44. The fraction of sp³-hybridized carbons (Fsp3) is 0.818. The van der Waals surface area contributed by atoms with Gasteiger partial charge in [-0.1, -0.05) is 0 Å². The molecule has 104 valence electrons. The van der Waals surface area contributed by atoms with Gasteiger partial charge in [0.05, 0.1) is 0 Å². The minimum Gasteiger partial charge on any atom is -0.480 e. The molecule has 18 heavy (non-hydrogen) atoms. The van der Waals surface area contributed by atoms with Gasteiger partial charge in [0.15, 0.2) is 0 Å². The number of likely N-dealkylation sites (N-methyl/N-ethyl adjacent to an activating group) is 1. The van der Waals surface area contributed by atoms with E-state index in [1.54, 1.807) is 0 Å². The van der Waals surface area contributed by atoms with Crippen LogP contribution in [0.3, 0.4) is 0 Å². The highest BCUT2D eigenvalue weighted by atomic mass is 19.3. The number of piperidine rings is 1. The van der Waals surface area contributed by atoms with Crippen LogP contribution in [-0.4, -0.2) is 65.9 Å². The monoisotopic (exact) mass is 264 g/mol. The molecule has 1 atom stereocenters. The van der Waals surface area contributed by atoms with E-state index in [2.05, 4.69) is 0 Å². The molecule has 0 bridgehead atoms. The molecule has 7 heteroatoms. The summed E-state index contributed by atoms with van der Waals surface area (Å²) in [6.45, 7) is 0.944. The Morgan fingerprint density at radius 2 is 2.06 bits per heavy atom. The highest BCUT2D eigenvalue weighted by Gasteiger charge is 2.34. The summed E-state index contributed by atoms with van der Waals surface area (Å²) >= 11 is 0. The maximum atomic E-state index is 12.9. The van der Waals surface area contributed by atoms with Crippen LogP contribution in [0.2, 0.25) is 0 Å². The third-order valence-electron chi connectivity index (χ3n) is 3.25. The van der Waals surface area contributed by atoms with Gasteiger partial charge < -0.3 is 14.9 Å². The number of nitrogens with zero attached hydrogens (tertiary/aromatic N) is 2. The molecule has 1 N–H and O–H groups in total. The number of carbonyl (C=O) groups is 2. The molecule has 1 fully saturated rings. The number of aliphatic carboxylic acids is 1. The third-order valence-corrected chi connectivity index (χ3v) is 3.25. The van der Waals surface area contributed by atoms with Crippen molar-refractivity contribution in [1.82, 2.24) is 9.80 Å². The molecule has 0 aromatic heterocycles. The summed E-state index contributed by atoms with van der Waals surface area (Å²) in [5, 5.41) is 8.95. The van der Waals surface area contributed by atoms with Crippen LogP contribution in [0.15, 0.2) is 0 Å². The summed E-state index contributed by atoms with van der Waals surface area (Å²) in [7, 11) is 1.40. The Hall–Kier alpha value is -1.24. The summed E-state index contributed by atoms with van der Waals surface area (Å²) in [5.74, 6) is -3.67. The van der Waals surface area contributed by atoms with Crippen molar-refractivity contribution in [3.8, 4) is 0 Å². The van der Waals surface area contributed by atoms with Crippen LogP contribution in [0.1, 0.15) is 19.3 Å². The fourth-order valence-electron chi connectivity index (χ4n) is 1.98. The van der Waals surface area contributed by atoms with Crippen LogP contribution in [0, 0.1) is 0 Å². The molecule has 1 heterocycles. The van der Waals surface area contributed by atoms with Gasteiger partial charge in [-0.3, -0.25) is 4.79 Å². The van der Waals surface area contributed by atoms with Gasteiger partial charge in [-0.15, -0.1) is 0 Å². The molecular weight excluding hydrogens is 246 g/mol. The lowest BCUT2D eigenvalue weighted by Gasteiger charge is -2.32. The summed E-state index contributed by atoms with van der Waals surface area (Å²) in [5.41, 5.74) is 0. The van der Waals surface area contributed by atoms with Crippen molar-refractivity contribution in [3.63, 3.8) is 0 Å². The minimum atomic E-state index is -2.59. The van der Waals surface area contributed by atoms with Gasteiger partial charge in [0.2, 0.25) is 6.41 Å². The van der Waals surface area contributed by atoms with Gasteiger partial charge in [-0.05, 0) is 6.42 Å². The molecule has 0 spiro atoms. The van der Waals surface area contributed by atoms with Crippen LogP contribution in [0.4, 0.5) is 8.78 Å². The zero-order valence-electron chi connectivity index (χ0n) is 10.3. The van der Waals surface area contributed by atoms with Gasteiger partial charge in [0, 0.05) is 39.5 Å². The number of amides is 1. The number of hydrogen-bond donors (Lipinski definition) is 1. The first kappa shape index (κ1) is 14.8. The van der Waals surface area contributed by atoms with Gasteiger partial charge in [0.1, 0.15) is 6.04 Å². The molecule has 0 aromatic carbocycles. The first-order valence-electron chi connectivity index (χ1n) is 5.86. The molecule has 5 nitrogen and oxygen atoms in total. The number of carboxylic acids is 1. The Balaban J connectivity index is 2.39. The Kier molecular flexibility index (Phi) is 5.01. The molecule has 0 unspecified atom stereocenters. The number of alkyl halides is 2. The summed E-state index contributed by atoms with van der Waals surface area (Å²) < 4.78 is 25.8. The summed E-state index contributed by atoms with van der Waals surface area (Å²) in [6.07, 6.45) is 0.335. The normalized spacial score (nSPS) is 21.3. The van der Waals surface area contributed by atoms with E-state index in [0.717, 1.165) is 4.90 Å². The van der Waals surface area contributed by atoms with E-state index in [-0.39, 0.29) is 32.4 Å². The second kappa shape index (κ2) is 6.08. The first-order chi connectivity index (χ1) is 8.35. The quantitative estimate of drug-likeness (QED) is 0.716. The molecular formula is C11H18F2N2O3. The van der Waals surface area contributed by atoms with Gasteiger partial charge in [-0.2, -0.15) is 0 Å². The summed E-state index contributed by atoms with van der Waals surface area (Å²) in [4.78, 5) is 24.4. The maximum absolute atomic E-state index is 12.9. The van der Waals surface area contributed by atoms with Crippen molar-refractivity contribution in [3.05, 3.63) is 0 Å². The molecule has 0 radical (unpaired) electrons. The molecule has 1 saturated heterocycles. The molecule has 0 aliphatic carbocycles. The van der Waals surface area contributed by atoms with Gasteiger partial charge >= 0.3 is 5.97 Å². The first-order valence-corrected chi connectivity index (χ1v) is 5.86. The third kappa shape index (κ3) is 4.21. The van der Waals surface area contributed by atoms with E-state index >= 15 is 0 Å². The van der Waals surface area contributed by atoms with Crippen LogP contribution in [-0.2, 0) is 9.59 Å². The molecule has 0 aromatic rings. The Bertz CT molecular complexity index is 303. The van der Waals surface area contributed by atoms with Crippen molar-refractivity contribution in [2.24, 2.45) is 0 Å². The number of hydrogen-bond acceptors (Lipinski definition) is 3. The Labute approximate surface area is 104 Å². The lowest BCUT2D eigenvalue weighted by molar-refractivity contribution is -0.146. The smallest absolute Gasteiger partial charge is 0.326 e. The van der Waals surface area contributed by atoms with Crippen molar-refractivity contribution in [2.75, 3.05) is 26.7 Å². The second-order valence-corrected chi connectivity index (χ2v) is 4.61. The van der Waals surface area contributed by atoms with E-state index in [1.165, 1.54) is 7.05 Å². The topological polar surface area (TPSA) is 60.9 Å². The number of carbonyl (C=O) groups excluding carboxylic acids is 1. The summed E-state index contributed by atoms with van der Waals surface area (Å²) in [6, 6.07) is -0.898. The van der Waals surface area contributed by atoms with E-state index in [1.807, 2.05) is 4.90 Å². The number of likely N-dealkylation sites (tertiary alicyclic amines) is 1. The predicted octanol–water partition coefficient (Wildman–Crippen LogP) is 0.649. The van der Waals surface area contributed by atoms with Crippen LogP contribution >= 0.6 is 0 Å². The van der Waals surface area contributed by atoms with E-state index in [9.17, 15) is 18.4 Å². The second-order valence-electron chi connectivity index (χ2n) is 4.61. The molecule has 0 saturated carbocycles. The highest BCUT2D eigenvalue weighted by Crippen LogP contribution is 2.27. The number of carboxylic acid groups (broad SMARTS) is 1. The van der Waals surface area contributed by atoms with Gasteiger partial charge in [0.25, 0.3) is 5.92 Å². The van der Waals surface area contributed by atoms with Crippen molar-refractivity contribution >= 4 is 12.4 Å². The Morgan fingerprint density at radius 3 is 2.50 bits per heavy atom. The van der Waals surface area contributed by atoms with Crippen LogP contribution in [0.5, 0.6) is 0 Å². The maximum Gasteiger partial charge on any atom is 0.326 e. The predicted molar refractivity (Wildman–Crippen MR) is 60.5 cm³/mol. The standard InChI is InChI=1S/C11H18F2N2O3/c1-14(8-16)9(10(17)18)2-5-15-6-3-11(12,13)4-7-15/h8-9H,2-7H2,1H3,(H,17,18)/t9-/m0/s1. The largest absolute Gasteiger partial charge is 0.480 e. The highest BCUT2D eigenvalue weighted by molar-refractivity contribution is 5.76. The van der Waals surface area contributed by atoms with Crippen molar-refractivity contribution < 1.29 is 23.5 Å². The van der Waals surface area contributed by atoms with E-state index < -0.39 is 17.9 Å². The van der Waals surface area contributed by atoms with Crippen LogP contribution < -0.4 is 0 Å². The average molecular weight is 264 g/mol. The van der Waals surface area contributed by atoms with E-state index in [4.69, 9.17) is 5.11 Å². The number of halogens is 2. The van der Waals surface area contributed by atoms with Crippen molar-refractivity contribution in [2.45, 2.75) is 31.2 Å². The molecule has 1 aliphatic heterocycles. The Morgan fingerprint density at radius 1 is 1.50 bits per heavy atom.